The van der Waals surface area contributed by atoms with E-state index in [4.69, 9.17) is 5.11 Å². The maximum atomic E-state index is 11.0. The fourth-order valence-corrected chi connectivity index (χ4v) is 0.692. The van der Waals surface area contributed by atoms with Crippen molar-refractivity contribution >= 4 is 11.9 Å². The molecule has 0 atom stereocenters. The summed E-state index contributed by atoms with van der Waals surface area (Å²) < 4.78 is 1.30. The molecule has 2 N–H and O–H groups in total. The maximum Gasteiger partial charge on any atom is 0.322 e. The van der Waals surface area contributed by atoms with Crippen molar-refractivity contribution in [2.45, 2.75) is 6.54 Å². The molecule has 1 rings (SSSR count). The summed E-state index contributed by atoms with van der Waals surface area (Å²) in [6, 6.07) is 0. The molecule has 1 aromatic heterocycles. The quantitative estimate of drug-likeness (QED) is 0.592. The minimum Gasteiger partial charge on any atom is -0.480 e. The second kappa shape index (κ2) is 4.19. The number of hydrogen-bond donors (Lipinski definition) is 2. The summed E-state index contributed by atoms with van der Waals surface area (Å²) in [4.78, 5) is 24.6. The van der Waals surface area contributed by atoms with Gasteiger partial charge in [-0.1, -0.05) is 0 Å². The second-order valence-electron chi connectivity index (χ2n) is 2.26. The Kier molecular flexibility index (Phi) is 2.96. The predicted octanol–water partition coefficient (Wildman–Crippen LogP) is -1.52. The van der Waals surface area contributed by atoms with Crippen LogP contribution in [0.15, 0.2) is 12.7 Å². The average Bonchev–Trinajstić information content (AvgIpc) is 2.53. The second-order valence-corrected chi connectivity index (χ2v) is 2.26. The summed E-state index contributed by atoms with van der Waals surface area (Å²) in [5, 5.41) is 14.1. The minimum atomic E-state index is -1.08. The van der Waals surface area contributed by atoms with E-state index in [2.05, 4.69) is 15.4 Å². The third kappa shape index (κ3) is 3.32. The number of nitrogens with one attached hydrogen (secondary N) is 1. The van der Waals surface area contributed by atoms with Gasteiger partial charge in [0.2, 0.25) is 5.91 Å². The van der Waals surface area contributed by atoms with E-state index in [0.717, 1.165) is 0 Å². The summed E-state index contributed by atoms with van der Waals surface area (Å²) in [6.07, 6.45) is 2.67. The number of nitrogens with zero attached hydrogens (tertiary/aromatic N) is 3. The Balaban J connectivity index is 2.30. The Morgan fingerprint density at radius 2 is 2.31 bits per heavy atom. The lowest BCUT2D eigenvalue weighted by molar-refractivity contribution is -0.138. The maximum absolute atomic E-state index is 11.0. The standard InChI is InChI=1S/C6H8N4O3/c11-5(8-1-6(12)13)2-10-4-7-3-9-10/h3-4H,1-2H2,(H,8,11)(H,12,13). The Labute approximate surface area is 73.4 Å². The molecular weight excluding hydrogens is 176 g/mol. The van der Waals surface area contributed by atoms with Crippen molar-refractivity contribution in [3.05, 3.63) is 12.7 Å². The third-order valence-electron chi connectivity index (χ3n) is 1.21. The number of aliphatic carboxylic acids is 1. The van der Waals surface area contributed by atoms with Crippen molar-refractivity contribution in [1.29, 1.82) is 0 Å². The van der Waals surface area contributed by atoms with Gasteiger partial charge in [0.05, 0.1) is 0 Å². The smallest absolute Gasteiger partial charge is 0.322 e. The zero-order valence-corrected chi connectivity index (χ0v) is 6.67. The van der Waals surface area contributed by atoms with Crippen LogP contribution >= 0.6 is 0 Å². The zero-order valence-electron chi connectivity index (χ0n) is 6.67. The molecule has 13 heavy (non-hydrogen) atoms. The van der Waals surface area contributed by atoms with Gasteiger partial charge in [-0.05, 0) is 0 Å². The van der Waals surface area contributed by atoms with Crippen LogP contribution in [0.4, 0.5) is 0 Å². The lowest BCUT2D eigenvalue weighted by atomic mass is 10.5. The Morgan fingerprint density at radius 1 is 1.54 bits per heavy atom. The van der Waals surface area contributed by atoms with Crippen molar-refractivity contribution < 1.29 is 14.7 Å². The van der Waals surface area contributed by atoms with Crippen LogP contribution in [0.5, 0.6) is 0 Å². The molecule has 7 heteroatoms. The number of carbonyl (C=O) groups is 2. The van der Waals surface area contributed by atoms with Gasteiger partial charge in [-0.3, -0.25) is 9.59 Å². The van der Waals surface area contributed by atoms with Crippen LogP contribution in [0.1, 0.15) is 0 Å². The van der Waals surface area contributed by atoms with E-state index in [1.807, 2.05) is 0 Å². The van der Waals surface area contributed by atoms with Crippen LogP contribution in [0.25, 0.3) is 0 Å². The van der Waals surface area contributed by atoms with Crippen LogP contribution in [-0.4, -0.2) is 38.3 Å². The van der Waals surface area contributed by atoms with Gasteiger partial charge < -0.3 is 10.4 Å². The van der Waals surface area contributed by atoms with Crippen LogP contribution in [0.3, 0.4) is 0 Å². The molecule has 0 unspecified atom stereocenters. The molecule has 0 aliphatic carbocycles. The molecule has 0 spiro atoms. The van der Waals surface area contributed by atoms with Crippen LogP contribution < -0.4 is 5.32 Å². The monoisotopic (exact) mass is 184 g/mol. The molecule has 0 saturated carbocycles. The molecule has 7 nitrogen and oxygen atoms in total. The number of carboxylic acids is 1. The number of aromatic nitrogens is 3. The molecule has 0 fully saturated rings. The number of amides is 1. The highest BCUT2D eigenvalue weighted by molar-refractivity contribution is 5.80. The third-order valence-corrected chi connectivity index (χ3v) is 1.21. The molecule has 0 radical (unpaired) electrons. The number of hydrogen-bond acceptors (Lipinski definition) is 4. The Hall–Kier alpha value is -1.92. The summed E-state index contributed by atoms with van der Waals surface area (Å²) in [5.41, 5.74) is 0. The zero-order chi connectivity index (χ0) is 9.68. The first-order valence-corrected chi connectivity index (χ1v) is 3.49. The van der Waals surface area contributed by atoms with E-state index in [9.17, 15) is 9.59 Å². The van der Waals surface area contributed by atoms with E-state index in [-0.39, 0.29) is 13.1 Å². The van der Waals surface area contributed by atoms with Gasteiger partial charge in [0.15, 0.2) is 0 Å². The first-order chi connectivity index (χ1) is 6.18. The van der Waals surface area contributed by atoms with Crippen LogP contribution in [0, 0.1) is 0 Å². The lowest BCUT2D eigenvalue weighted by Gasteiger charge is -2.00. The largest absolute Gasteiger partial charge is 0.480 e. The fraction of sp³-hybridized carbons (Fsp3) is 0.333. The number of rotatable bonds is 4. The van der Waals surface area contributed by atoms with E-state index < -0.39 is 11.9 Å². The van der Waals surface area contributed by atoms with Crippen molar-refractivity contribution in [3.8, 4) is 0 Å². The van der Waals surface area contributed by atoms with Crippen LogP contribution in [-0.2, 0) is 16.1 Å². The number of carboxylic acid groups (broad SMARTS) is 1. The van der Waals surface area contributed by atoms with E-state index in [1.165, 1.54) is 17.3 Å². The van der Waals surface area contributed by atoms with Gasteiger partial charge in [0.1, 0.15) is 25.7 Å². The molecule has 0 aliphatic rings. The normalized spacial score (nSPS) is 9.54. The van der Waals surface area contributed by atoms with E-state index in [0.29, 0.717) is 0 Å². The van der Waals surface area contributed by atoms with Crippen molar-refractivity contribution in [1.82, 2.24) is 20.1 Å². The topological polar surface area (TPSA) is 97.1 Å². The molecule has 70 valence electrons. The fourth-order valence-electron chi connectivity index (χ4n) is 0.692. The van der Waals surface area contributed by atoms with E-state index >= 15 is 0 Å². The molecule has 0 bridgehead atoms. The van der Waals surface area contributed by atoms with Gasteiger partial charge in [-0.15, -0.1) is 0 Å². The van der Waals surface area contributed by atoms with E-state index in [1.54, 1.807) is 0 Å². The van der Waals surface area contributed by atoms with Crippen LogP contribution in [0.2, 0.25) is 0 Å². The number of carbonyl (C=O) groups excluding carboxylic acids is 1. The SMILES string of the molecule is O=C(O)CNC(=O)Cn1cncn1. The van der Waals surface area contributed by atoms with Gasteiger partial charge in [0, 0.05) is 0 Å². The molecular formula is C6H8N4O3. The highest BCUT2D eigenvalue weighted by atomic mass is 16.4. The highest BCUT2D eigenvalue weighted by Crippen LogP contribution is 1.79. The molecule has 0 saturated heterocycles. The van der Waals surface area contributed by atoms with Gasteiger partial charge in [-0.25, -0.2) is 9.67 Å². The molecule has 1 amide bonds. The average molecular weight is 184 g/mol. The molecule has 0 aromatic carbocycles. The summed E-state index contributed by atoms with van der Waals surface area (Å²) >= 11 is 0. The predicted molar refractivity (Wildman–Crippen MR) is 40.7 cm³/mol. The molecule has 1 aromatic rings. The minimum absolute atomic E-state index is 0.0206. The van der Waals surface area contributed by atoms with Crippen molar-refractivity contribution in [2.75, 3.05) is 6.54 Å². The Bertz CT molecular complexity index is 295. The van der Waals surface area contributed by atoms with Crippen molar-refractivity contribution in [3.63, 3.8) is 0 Å². The summed E-state index contributed by atoms with van der Waals surface area (Å²) in [7, 11) is 0. The summed E-state index contributed by atoms with van der Waals surface area (Å²) in [5.74, 6) is -1.49. The van der Waals surface area contributed by atoms with Gasteiger partial charge in [0.25, 0.3) is 0 Å². The highest BCUT2D eigenvalue weighted by Gasteiger charge is 2.04. The lowest BCUT2D eigenvalue weighted by Crippen LogP contribution is -2.32. The van der Waals surface area contributed by atoms with Gasteiger partial charge in [-0.2, -0.15) is 5.10 Å². The van der Waals surface area contributed by atoms with Crippen molar-refractivity contribution in [2.24, 2.45) is 0 Å². The van der Waals surface area contributed by atoms with Gasteiger partial charge >= 0.3 is 5.97 Å². The first kappa shape index (κ1) is 9.17. The molecule has 0 aliphatic heterocycles. The summed E-state index contributed by atoms with van der Waals surface area (Å²) in [6.45, 7) is -0.402. The first-order valence-electron chi connectivity index (χ1n) is 3.49. The molecule has 1 heterocycles. The Morgan fingerprint density at radius 3 is 2.85 bits per heavy atom.